The molecule has 1 aromatic carbocycles. The third kappa shape index (κ3) is 4.42. The molecule has 0 spiro atoms. The number of carbonyl (C=O) groups is 1. The van der Waals surface area contributed by atoms with Gasteiger partial charge in [0.2, 0.25) is 5.91 Å². The van der Waals surface area contributed by atoms with Gasteiger partial charge < -0.3 is 10.2 Å². The molecule has 3 aromatic rings. The number of hydrogen-bond donors (Lipinski definition) is 1. The number of amides is 1. The van der Waals surface area contributed by atoms with Crippen molar-refractivity contribution in [2.75, 3.05) is 23.3 Å². The molecule has 154 valence electrons. The SMILES string of the molecule is O=C(Nc1ccc(Cl)c([N+](=O)[O-])c1)C1CCN(c2ccc(-c3cccs3)nn2)CC1. The fourth-order valence-electron chi connectivity index (χ4n) is 3.40. The first kappa shape index (κ1) is 20.2. The van der Waals surface area contributed by atoms with E-state index in [1.54, 1.807) is 17.4 Å². The first-order chi connectivity index (χ1) is 14.5. The van der Waals surface area contributed by atoms with Gasteiger partial charge in [-0.3, -0.25) is 14.9 Å². The smallest absolute Gasteiger partial charge is 0.289 e. The van der Waals surface area contributed by atoms with E-state index in [4.69, 9.17) is 11.6 Å². The number of anilines is 2. The maximum Gasteiger partial charge on any atom is 0.289 e. The Balaban J connectivity index is 1.34. The van der Waals surface area contributed by atoms with Gasteiger partial charge in [-0.25, -0.2) is 0 Å². The van der Waals surface area contributed by atoms with Gasteiger partial charge in [0, 0.05) is 30.8 Å². The van der Waals surface area contributed by atoms with Crippen molar-refractivity contribution >= 4 is 46.0 Å². The number of nitro groups is 1. The van der Waals surface area contributed by atoms with Crippen LogP contribution < -0.4 is 10.2 Å². The Hall–Kier alpha value is -3.04. The number of nitrogens with zero attached hydrogens (tertiary/aromatic N) is 4. The Bertz CT molecular complexity index is 1050. The molecule has 10 heteroatoms. The second kappa shape index (κ2) is 8.76. The average Bonchev–Trinajstić information content (AvgIpc) is 3.30. The molecular weight excluding hydrogens is 426 g/mol. The number of hydrogen-bond acceptors (Lipinski definition) is 7. The molecule has 2 aromatic heterocycles. The Kier molecular flexibility index (Phi) is 5.91. The summed E-state index contributed by atoms with van der Waals surface area (Å²) in [7, 11) is 0. The van der Waals surface area contributed by atoms with Gasteiger partial charge in [0.15, 0.2) is 5.82 Å². The van der Waals surface area contributed by atoms with Gasteiger partial charge in [-0.2, -0.15) is 0 Å². The molecular formula is C20H18ClN5O3S. The van der Waals surface area contributed by atoms with Crippen LogP contribution >= 0.6 is 22.9 Å². The highest BCUT2D eigenvalue weighted by Gasteiger charge is 2.26. The molecule has 0 unspecified atom stereocenters. The van der Waals surface area contributed by atoms with Crippen molar-refractivity contribution in [2.24, 2.45) is 5.92 Å². The van der Waals surface area contributed by atoms with Crippen LogP contribution in [0.1, 0.15) is 12.8 Å². The Morgan fingerprint density at radius 2 is 2.00 bits per heavy atom. The number of aromatic nitrogens is 2. The minimum absolute atomic E-state index is 0.0394. The van der Waals surface area contributed by atoms with Gasteiger partial charge in [-0.05, 0) is 48.6 Å². The van der Waals surface area contributed by atoms with Crippen LogP contribution in [0.5, 0.6) is 0 Å². The summed E-state index contributed by atoms with van der Waals surface area (Å²) in [5, 5.41) is 24.5. The van der Waals surface area contributed by atoms with E-state index in [0.29, 0.717) is 31.6 Å². The first-order valence-electron chi connectivity index (χ1n) is 9.38. The standard InChI is InChI=1S/C20H18ClN5O3S/c21-15-4-3-14(12-17(15)26(28)29)22-20(27)13-7-9-25(10-8-13)19-6-5-16(23-24-19)18-2-1-11-30-18/h1-6,11-13H,7-10H2,(H,22,27). The Labute approximate surface area is 181 Å². The van der Waals surface area contributed by atoms with Crippen molar-refractivity contribution < 1.29 is 9.72 Å². The highest BCUT2D eigenvalue weighted by molar-refractivity contribution is 7.13. The molecule has 30 heavy (non-hydrogen) atoms. The van der Waals surface area contributed by atoms with E-state index in [-0.39, 0.29) is 22.5 Å². The van der Waals surface area contributed by atoms with Crippen LogP contribution in [-0.2, 0) is 4.79 Å². The third-order valence-corrected chi connectivity index (χ3v) is 6.24. The molecule has 0 aliphatic carbocycles. The summed E-state index contributed by atoms with van der Waals surface area (Å²) >= 11 is 7.44. The number of halogens is 1. The number of nitro benzene ring substituents is 1. The summed E-state index contributed by atoms with van der Waals surface area (Å²) in [5.41, 5.74) is 0.988. The van der Waals surface area contributed by atoms with Gasteiger partial charge in [-0.15, -0.1) is 21.5 Å². The highest BCUT2D eigenvalue weighted by Crippen LogP contribution is 2.29. The predicted molar refractivity (Wildman–Crippen MR) is 117 cm³/mol. The molecule has 1 aliphatic rings. The molecule has 0 radical (unpaired) electrons. The minimum Gasteiger partial charge on any atom is -0.355 e. The molecule has 0 atom stereocenters. The van der Waals surface area contributed by atoms with Crippen LogP contribution in [0.3, 0.4) is 0 Å². The van der Waals surface area contributed by atoms with Crippen LogP contribution in [0, 0.1) is 16.0 Å². The maximum atomic E-state index is 12.6. The van der Waals surface area contributed by atoms with E-state index in [2.05, 4.69) is 20.4 Å². The summed E-state index contributed by atoms with van der Waals surface area (Å²) < 4.78 is 0. The number of rotatable bonds is 5. The number of benzene rings is 1. The van der Waals surface area contributed by atoms with E-state index in [1.807, 2.05) is 29.6 Å². The lowest BCUT2D eigenvalue weighted by Gasteiger charge is -2.31. The van der Waals surface area contributed by atoms with Crippen LogP contribution in [0.15, 0.2) is 47.8 Å². The topological polar surface area (TPSA) is 101 Å². The molecule has 0 saturated carbocycles. The fourth-order valence-corrected chi connectivity index (χ4v) is 4.27. The summed E-state index contributed by atoms with van der Waals surface area (Å²) in [6, 6.07) is 12.2. The van der Waals surface area contributed by atoms with Gasteiger partial charge in [0.05, 0.1) is 9.80 Å². The minimum atomic E-state index is -0.568. The zero-order valence-corrected chi connectivity index (χ0v) is 17.4. The molecule has 3 heterocycles. The summed E-state index contributed by atoms with van der Waals surface area (Å²) in [4.78, 5) is 26.2. The average molecular weight is 444 g/mol. The van der Waals surface area contributed by atoms with E-state index in [1.165, 1.54) is 12.1 Å². The van der Waals surface area contributed by atoms with E-state index in [9.17, 15) is 14.9 Å². The largest absolute Gasteiger partial charge is 0.355 e. The number of thiophene rings is 1. The predicted octanol–water partition coefficient (Wildman–Crippen LogP) is 4.62. The highest BCUT2D eigenvalue weighted by atomic mass is 35.5. The lowest BCUT2D eigenvalue weighted by Crippen LogP contribution is -2.38. The first-order valence-corrected chi connectivity index (χ1v) is 10.6. The van der Waals surface area contributed by atoms with Crippen LogP contribution in [0.4, 0.5) is 17.2 Å². The number of nitrogens with one attached hydrogen (secondary N) is 1. The molecule has 4 rings (SSSR count). The van der Waals surface area contributed by atoms with Crippen LogP contribution in [-0.4, -0.2) is 34.1 Å². The lowest BCUT2D eigenvalue weighted by atomic mass is 9.95. The van der Waals surface area contributed by atoms with Crippen molar-refractivity contribution in [3.63, 3.8) is 0 Å². The van der Waals surface area contributed by atoms with Gasteiger partial charge in [0.1, 0.15) is 10.7 Å². The molecule has 1 aliphatic heterocycles. The zero-order chi connectivity index (χ0) is 21.1. The molecule has 1 saturated heterocycles. The van der Waals surface area contributed by atoms with Crippen LogP contribution in [0.2, 0.25) is 5.02 Å². The van der Waals surface area contributed by atoms with Gasteiger partial charge in [0.25, 0.3) is 5.69 Å². The van der Waals surface area contributed by atoms with Crippen molar-refractivity contribution in [1.82, 2.24) is 10.2 Å². The quantitative estimate of drug-likeness (QED) is 0.456. The van der Waals surface area contributed by atoms with Crippen molar-refractivity contribution in [1.29, 1.82) is 0 Å². The molecule has 8 nitrogen and oxygen atoms in total. The second-order valence-corrected chi connectivity index (χ2v) is 8.28. The normalized spacial score (nSPS) is 14.5. The molecule has 1 N–H and O–H groups in total. The van der Waals surface area contributed by atoms with Gasteiger partial charge in [-0.1, -0.05) is 17.7 Å². The molecule has 0 bridgehead atoms. The summed E-state index contributed by atoms with van der Waals surface area (Å²) in [6.45, 7) is 1.37. The van der Waals surface area contributed by atoms with Crippen molar-refractivity contribution in [2.45, 2.75) is 12.8 Å². The summed E-state index contributed by atoms with van der Waals surface area (Å²) in [6.07, 6.45) is 1.33. The zero-order valence-electron chi connectivity index (χ0n) is 15.8. The third-order valence-electron chi connectivity index (χ3n) is 5.02. The Morgan fingerprint density at radius 1 is 1.20 bits per heavy atom. The van der Waals surface area contributed by atoms with E-state index in [0.717, 1.165) is 16.4 Å². The lowest BCUT2D eigenvalue weighted by molar-refractivity contribution is -0.384. The monoisotopic (exact) mass is 443 g/mol. The molecule has 1 fully saturated rings. The van der Waals surface area contributed by atoms with Crippen molar-refractivity contribution in [3.05, 3.63) is 63.0 Å². The Morgan fingerprint density at radius 3 is 2.63 bits per heavy atom. The van der Waals surface area contributed by atoms with Gasteiger partial charge >= 0.3 is 0 Å². The van der Waals surface area contributed by atoms with Crippen LogP contribution in [0.25, 0.3) is 10.6 Å². The number of carbonyl (C=O) groups excluding carboxylic acids is 1. The maximum absolute atomic E-state index is 12.6. The van der Waals surface area contributed by atoms with E-state index < -0.39 is 4.92 Å². The second-order valence-electron chi connectivity index (χ2n) is 6.93. The fraction of sp³-hybridized carbons (Fsp3) is 0.250. The van der Waals surface area contributed by atoms with Crippen molar-refractivity contribution in [3.8, 4) is 10.6 Å². The van der Waals surface area contributed by atoms with E-state index >= 15 is 0 Å². The number of piperidine rings is 1. The summed E-state index contributed by atoms with van der Waals surface area (Å²) in [5.74, 6) is 0.474. The molecule has 1 amide bonds.